The Hall–Kier alpha value is -1.62. The van der Waals surface area contributed by atoms with Gasteiger partial charge in [0, 0.05) is 36.7 Å². The fraction of sp³-hybridized carbons (Fsp3) is 0.231. The Labute approximate surface area is 113 Å². The molecule has 0 saturated heterocycles. The third kappa shape index (κ3) is 3.67. The number of rotatable bonds is 3. The summed E-state index contributed by atoms with van der Waals surface area (Å²) in [6.45, 7) is 0.443. The van der Waals surface area contributed by atoms with E-state index in [4.69, 9.17) is 11.6 Å². The van der Waals surface area contributed by atoms with Crippen molar-refractivity contribution in [1.29, 1.82) is 0 Å². The first kappa shape index (κ1) is 13.8. The van der Waals surface area contributed by atoms with Crippen molar-refractivity contribution in [3.8, 4) is 0 Å². The molecule has 0 unspecified atom stereocenters. The van der Waals surface area contributed by atoms with Crippen molar-refractivity contribution in [2.24, 2.45) is 7.05 Å². The number of nitrogens with one attached hydrogen (secondary N) is 1. The second kappa shape index (κ2) is 5.17. The molecular weight excluding hydrogens is 277 g/mol. The zero-order valence-electron chi connectivity index (χ0n) is 10.1. The van der Waals surface area contributed by atoms with E-state index in [0.717, 1.165) is 17.7 Å². The largest absolute Gasteiger partial charge is 0.416 e. The van der Waals surface area contributed by atoms with Gasteiger partial charge in [-0.05, 0) is 29.8 Å². The van der Waals surface area contributed by atoms with E-state index in [1.165, 1.54) is 6.07 Å². The van der Waals surface area contributed by atoms with Gasteiger partial charge in [-0.3, -0.25) is 0 Å². The third-order valence-electron chi connectivity index (χ3n) is 2.61. The minimum absolute atomic E-state index is 0.0605. The molecule has 19 heavy (non-hydrogen) atoms. The Morgan fingerprint density at radius 1 is 1.26 bits per heavy atom. The van der Waals surface area contributed by atoms with Crippen LogP contribution >= 0.6 is 11.6 Å². The van der Waals surface area contributed by atoms with Crippen molar-refractivity contribution in [2.75, 3.05) is 5.32 Å². The number of halogens is 4. The molecule has 1 aromatic heterocycles. The molecule has 0 fully saturated rings. The smallest absolute Gasteiger partial charge is 0.381 e. The van der Waals surface area contributed by atoms with Gasteiger partial charge in [-0.15, -0.1) is 0 Å². The lowest BCUT2D eigenvalue weighted by atomic mass is 10.2. The molecule has 1 N–H and O–H groups in total. The summed E-state index contributed by atoms with van der Waals surface area (Å²) < 4.78 is 39.7. The van der Waals surface area contributed by atoms with E-state index in [9.17, 15) is 13.2 Å². The lowest BCUT2D eigenvalue weighted by Crippen LogP contribution is -2.06. The summed E-state index contributed by atoms with van der Waals surface area (Å²) in [5.74, 6) is 0. The predicted molar refractivity (Wildman–Crippen MR) is 69.2 cm³/mol. The molecule has 0 saturated carbocycles. The molecule has 0 spiro atoms. The molecule has 0 aliphatic heterocycles. The average Bonchev–Trinajstić information content (AvgIpc) is 2.71. The van der Waals surface area contributed by atoms with E-state index < -0.39 is 11.7 Å². The standard InChI is InChI=1S/C13H12ClF3N2/c1-19-3-2-9(8-19)7-18-12-5-10(13(15,16)17)4-11(14)6-12/h2-6,8,18H,7H2,1H3. The van der Waals surface area contributed by atoms with Crippen LogP contribution in [-0.2, 0) is 19.8 Å². The number of hydrogen-bond donors (Lipinski definition) is 1. The zero-order valence-corrected chi connectivity index (χ0v) is 10.9. The first-order chi connectivity index (χ1) is 8.84. The quantitative estimate of drug-likeness (QED) is 0.890. The highest BCUT2D eigenvalue weighted by Gasteiger charge is 2.31. The maximum absolute atomic E-state index is 12.6. The van der Waals surface area contributed by atoms with Crippen molar-refractivity contribution >= 4 is 17.3 Å². The second-order valence-corrected chi connectivity index (χ2v) is 4.70. The first-order valence-corrected chi connectivity index (χ1v) is 5.95. The normalized spacial score (nSPS) is 11.6. The van der Waals surface area contributed by atoms with Crippen molar-refractivity contribution in [1.82, 2.24) is 4.57 Å². The number of alkyl halides is 3. The summed E-state index contributed by atoms with van der Waals surface area (Å²) in [4.78, 5) is 0. The minimum Gasteiger partial charge on any atom is -0.381 e. The van der Waals surface area contributed by atoms with Gasteiger partial charge in [-0.2, -0.15) is 13.2 Å². The van der Waals surface area contributed by atoms with Gasteiger partial charge in [-0.1, -0.05) is 11.6 Å². The summed E-state index contributed by atoms with van der Waals surface area (Å²) in [5, 5.41) is 2.99. The van der Waals surface area contributed by atoms with Crippen LogP contribution < -0.4 is 5.32 Å². The third-order valence-corrected chi connectivity index (χ3v) is 2.83. The Morgan fingerprint density at radius 2 is 2.00 bits per heavy atom. The van der Waals surface area contributed by atoms with Crippen LogP contribution in [0.5, 0.6) is 0 Å². The number of aromatic nitrogens is 1. The Kier molecular flexibility index (Phi) is 3.75. The number of aryl methyl sites for hydroxylation is 1. The van der Waals surface area contributed by atoms with Crippen molar-refractivity contribution in [3.05, 3.63) is 52.8 Å². The van der Waals surface area contributed by atoms with Crippen molar-refractivity contribution < 1.29 is 13.2 Å². The topological polar surface area (TPSA) is 17.0 Å². The molecule has 102 valence electrons. The summed E-state index contributed by atoms with van der Waals surface area (Å²) in [5.41, 5.74) is 0.579. The first-order valence-electron chi connectivity index (χ1n) is 5.57. The fourth-order valence-electron chi connectivity index (χ4n) is 1.72. The number of nitrogens with zero attached hydrogens (tertiary/aromatic N) is 1. The van der Waals surface area contributed by atoms with Gasteiger partial charge in [0.1, 0.15) is 0 Å². The Morgan fingerprint density at radius 3 is 2.58 bits per heavy atom. The second-order valence-electron chi connectivity index (χ2n) is 4.27. The van der Waals surface area contributed by atoms with Crippen LogP contribution in [0.15, 0.2) is 36.7 Å². The zero-order chi connectivity index (χ0) is 14.0. The van der Waals surface area contributed by atoms with Crippen LogP contribution in [-0.4, -0.2) is 4.57 Å². The molecule has 0 aliphatic carbocycles. The lowest BCUT2D eigenvalue weighted by molar-refractivity contribution is -0.137. The number of anilines is 1. The number of benzene rings is 1. The molecule has 2 aromatic rings. The molecule has 0 radical (unpaired) electrons. The van der Waals surface area contributed by atoms with E-state index in [0.29, 0.717) is 12.2 Å². The van der Waals surface area contributed by atoms with Crippen LogP contribution in [0.3, 0.4) is 0 Å². The number of hydrogen-bond acceptors (Lipinski definition) is 1. The van der Waals surface area contributed by atoms with Gasteiger partial charge < -0.3 is 9.88 Å². The summed E-state index contributed by atoms with van der Waals surface area (Å²) in [7, 11) is 1.88. The van der Waals surface area contributed by atoms with Gasteiger partial charge in [0.15, 0.2) is 0 Å². The predicted octanol–water partition coefficient (Wildman–Crippen LogP) is 4.31. The van der Waals surface area contributed by atoms with Crippen molar-refractivity contribution in [3.63, 3.8) is 0 Å². The molecule has 0 bridgehead atoms. The van der Waals surface area contributed by atoms with Crippen molar-refractivity contribution in [2.45, 2.75) is 12.7 Å². The van der Waals surface area contributed by atoms with E-state index in [2.05, 4.69) is 5.32 Å². The van der Waals surface area contributed by atoms with Gasteiger partial charge >= 0.3 is 6.18 Å². The van der Waals surface area contributed by atoms with Gasteiger partial charge in [0.2, 0.25) is 0 Å². The lowest BCUT2D eigenvalue weighted by Gasteiger charge is -2.11. The van der Waals surface area contributed by atoms with E-state index in [1.54, 1.807) is 0 Å². The molecule has 0 amide bonds. The molecular formula is C13H12ClF3N2. The summed E-state index contributed by atoms with van der Waals surface area (Å²) in [6.07, 6.45) is -0.633. The maximum Gasteiger partial charge on any atom is 0.416 e. The molecule has 1 heterocycles. The highest BCUT2D eigenvalue weighted by atomic mass is 35.5. The summed E-state index contributed by atoms with van der Waals surface area (Å²) >= 11 is 5.70. The van der Waals surface area contributed by atoms with E-state index >= 15 is 0 Å². The highest BCUT2D eigenvalue weighted by molar-refractivity contribution is 6.30. The van der Waals surface area contributed by atoms with Gasteiger partial charge in [-0.25, -0.2) is 0 Å². The molecule has 1 aromatic carbocycles. The minimum atomic E-state index is -4.39. The van der Waals surface area contributed by atoms with Crippen LogP contribution in [0.4, 0.5) is 18.9 Å². The van der Waals surface area contributed by atoms with Crippen LogP contribution in [0.1, 0.15) is 11.1 Å². The monoisotopic (exact) mass is 288 g/mol. The SMILES string of the molecule is Cn1ccc(CNc2cc(Cl)cc(C(F)(F)F)c2)c1. The Bertz CT molecular complexity index is 576. The van der Waals surface area contributed by atoms with Crippen LogP contribution in [0, 0.1) is 0 Å². The highest BCUT2D eigenvalue weighted by Crippen LogP contribution is 2.33. The van der Waals surface area contributed by atoms with Crippen LogP contribution in [0.2, 0.25) is 5.02 Å². The van der Waals surface area contributed by atoms with Gasteiger partial charge in [0.25, 0.3) is 0 Å². The van der Waals surface area contributed by atoms with Crippen LogP contribution in [0.25, 0.3) is 0 Å². The Balaban J connectivity index is 2.14. The van der Waals surface area contributed by atoms with Gasteiger partial charge in [0.05, 0.1) is 5.56 Å². The molecule has 2 nitrogen and oxygen atoms in total. The average molecular weight is 289 g/mol. The molecule has 2 rings (SSSR count). The summed E-state index contributed by atoms with van der Waals surface area (Å²) in [6, 6.07) is 5.33. The fourth-order valence-corrected chi connectivity index (χ4v) is 1.96. The molecule has 0 aliphatic rings. The maximum atomic E-state index is 12.6. The van der Waals surface area contributed by atoms with E-state index in [1.807, 2.05) is 30.1 Å². The van der Waals surface area contributed by atoms with E-state index in [-0.39, 0.29) is 5.02 Å². The molecule has 6 heteroatoms. The molecule has 0 atom stereocenters.